The van der Waals surface area contributed by atoms with Crippen molar-refractivity contribution in [1.82, 2.24) is 9.88 Å². The van der Waals surface area contributed by atoms with Gasteiger partial charge in [0.05, 0.1) is 0 Å². The maximum Gasteiger partial charge on any atom is 0.326 e. The van der Waals surface area contributed by atoms with Gasteiger partial charge in [-0.2, -0.15) is 0 Å². The quantitative estimate of drug-likeness (QED) is 0.910. The Hall–Kier alpha value is -2.63. The van der Waals surface area contributed by atoms with Crippen LogP contribution in [-0.2, 0) is 11.3 Å². The fourth-order valence-corrected chi connectivity index (χ4v) is 1.94. The third kappa shape index (κ3) is 3.28. The minimum absolute atomic E-state index is 0.138. The zero-order valence-electron chi connectivity index (χ0n) is 11.8. The Morgan fingerprint density at radius 1 is 1.33 bits per heavy atom. The molecule has 0 aliphatic carbocycles. The molecular formula is C15H16N2O4. The molecule has 110 valence electrons. The summed E-state index contributed by atoms with van der Waals surface area (Å²) in [5.74, 6) is -1.16. The molecule has 6 nitrogen and oxygen atoms in total. The number of amides is 1. The highest BCUT2D eigenvalue weighted by Crippen LogP contribution is 2.15. The second-order valence-corrected chi connectivity index (χ2v) is 4.69. The van der Waals surface area contributed by atoms with Gasteiger partial charge in [-0.15, -0.1) is 0 Å². The summed E-state index contributed by atoms with van der Waals surface area (Å²) >= 11 is 0. The SMILES string of the molecule is Cc1ocnc1C(=O)N(Cc1ccccc1)C(C)C(=O)O. The molecule has 0 fully saturated rings. The van der Waals surface area contributed by atoms with Crippen LogP contribution >= 0.6 is 0 Å². The van der Waals surface area contributed by atoms with Crippen LogP contribution in [0.15, 0.2) is 41.1 Å². The van der Waals surface area contributed by atoms with Gasteiger partial charge in [0.1, 0.15) is 11.8 Å². The van der Waals surface area contributed by atoms with Crippen LogP contribution < -0.4 is 0 Å². The molecule has 6 heteroatoms. The van der Waals surface area contributed by atoms with E-state index >= 15 is 0 Å². The maximum atomic E-state index is 12.5. The van der Waals surface area contributed by atoms with Gasteiger partial charge >= 0.3 is 5.97 Å². The molecule has 0 saturated heterocycles. The molecule has 0 spiro atoms. The molecule has 0 aliphatic rings. The first-order chi connectivity index (χ1) is 10.0. The molecule has 0 aliphatic heterocycles. The predicted octanol–water partition coefficient (Wildman–Crippen LogP) is 2.10. The number of carbonyl (C=O) groups excluding carboxylic acids is 1. The van der Waals surface area contributed by atoms with E-state index in [9.17, 15) is 14.7 Å². The lowest BCUT2D eigenvalue weighted by atomic mass is 10.1. The van der Waals surface area contributed by atoms with Crippen LogP contribution in [0.25, 0.3) is 0 Å². The monoisotopic (exact) mass is 288 g/mol. The van der Waals surface area contributed by atoms with E-state index in [0.717, 1.165) is 5.56 Å². The number of hydrogen-bond donors (Lipinski definition) is 1. The molecule has 1 aromatic heterocycles. The normalized spacial score (nSPS) is 11.9. The molecule has 1 N–H and O–H groups in total. The number of aromatic nitrogens is 1. The lowest BCUT2D eigenvalue weighted by Gasteiger charge is -2.26. The topological polar surface area (TPSA) is 83.6 Å². The molecule has 1 unspecified atom stereocenters. The van der Waals surface area contributed by atoms with Crippen molar-refractivity contribution in [3.05, 3.63) is 53.7 Å². The fraction of sp³-hybridized carbons (Fsp3) is 0.267. The van der Waals surface area contributed by atoms with Crippen LogP contribution in [0.5, 0.6) is 0 Å². The predicted molar refractivity (Wildman–Crippen MR) is 74.7 cm³/mol. The number of oxazole rings is 1. The Morgan fingerprint density at radius 2 is 2.00 bits per heavy atom. The number of aryl methyl sites for hydroxylation is 1. The largest absolute Gasteiger partial charge is 0.480 e. The lowest BCUT2D eigenvalue weighted by molar-refractivity contribution is -0.141. The molecule has 1 aromatic carbocycles. The zero-order valence-corrected chi connectivity index (χ0v) is 11.8. The van der Waals surface area contributed by atoms with Crippen molar-refractivity contribution in [1.29, 1.82) is 0 Å². The second-order valence-electron chi connectivity index (χ2n) is 4.69. The Morgan fingerprint density at radius 3 is 2.52 bits per heavy atom. The molecule has 2 aromatic rings. The van der Waals surface area contributed by atoms with Gasteiger partial charge in [-0.3, -0.25) is 4.79 Å². The first-order valence-electron chi connectivity index (χ1n) is 6.48. The van der Waals surface area contributed by atoms with Crippen LogP contribution in [0.1, 0.15) is 28.7 Å². The van der Waals surface area contributed by atoms with Crippen LogP contribution in [0.2, 0.25) is 0 Å². The van der Waals surface area contributed by atoms with Crippen molar-refractivity contribution < 1.29 is 19.1 Å². The third-order valence-corrected chi connectivity index (χ3v) is 3.23. The van der Waals surface area contributed by atoms with Gasteiger partial charge in [0, 0.05) is 6.54 Å². The summed E-state index contributed by atoms with van der Waals surface area (Å²) in [6.07, 6.45) is 1.18. The summed E-state index contributed by atoms with van der Waals surface area (Å²) in [4.78, 5) is 28.9. The van der Waals surface area contributed by atoms with Crippen molar-refractivity contribution in [3.8, 4) is 0 Å². The van der Waals surface area contributed by atoms with E-state index in [1.807, 2.05) is 30.3 Å². The van der Waals surface area contributed by atoms with E-state index in [1.165, 1.54) is 18.2 Å². The number of aliphatic carboxylic acids is 1. The van der Waals surface area contributed by atoms with Crippen molar-refractivity contribution in [2.45, 2.75) is 26.4 Å². The molecule has 0 bridgehead atoms. The van der Waals surface area contributed by atoms with Crippen LogP contribution in [0.4, 0.5) is 0 Å². The zero-order chi connectivity index (χ0) is 15.4. The molecule has 0 saturated carbocycles. The number of benzene rings is 1. The molecule has 1 atom stereocenters. The number of carboxylic acid groups (broad SMARTS) is 1. The lowest BCUT2D eigenvalue weighted by Crippen LogP contribution is -2.43. The first kappa shape index (κ1) is 14.8. The fourth-order valence-electron chi connectivity index (χ4n) is 1.94. The minimum Gasteiger partial charge on any atom is -0.480 e. The van der Waals surface area contributed by atoms with E-state index in [4.69, 9.17) is 4.42 Å². The smallest absolute Gasteiger partial charge is 0.326 e. The van der Waals surface area contributed by atoms with Crippen LogP contribution in [0.3, 0.4) is 0 Å². The van der Waals surface area contributed by atoms with Gasteiger partial charge < -0.3 is 14.4 Å². The van der Waals surface area contributed by atoms with Gasteiger partial charge in [0.15, 0.2) is 12.1 Å². The molecule has 2 rings (SSSR count). The maximum absolute atomic E-state index is 12.5. The number of rotatable bonds is 5. The highest BCUT2D eigenvalue weighted by Gasteiger charge is 2.29. The highest BCUT2D eigenvalue weighted by molar-refractivity contribution is 5.95. The summed E-state index contributed by atoms with van der Waals surface area (Å²) in [5, 5.41) is 9.21. The van der Waals surface area contributed by atoms with Gasteiger partial charge in [0.25, 0.3) is 5.91 Å². The Balaban J connectivity index is 2.30. The standard InChI is InChI=1S/C15H16N2O4/c1-10(15(19)20)17(8-12-6-4-3-5-7-12)14(18)13-11(2)21-9-16-13/h3-7,9-10H,8H2,1-2H3,(H,19,20). The van der Waals surface area contributed by atoms with Crippen molar-refractivity contribution in [2.24, 2.45) is 0 Å². The molecule has 1 amide bonds. The van der Waals surface area contributed by atoms with Gasteiger partial charge in [-0.25, -0.2) is 9.78 Å². The first-order valence-corrected chi connectivity index (χ1v) is 6.48. The van der Waals surface area contributed by atoms with Gasteiger partial charge in [-0.1, -0.05) is 30.3 Å². The number of nitrogens with zero attached hydrogens (tertiary/aromatic N) is 2. The van der Waals surface area contributed by atoms with E-state index in [-0.39, 0.29) is 12.2 Å². The third-order valence-electron chi connectivity index (χ3n) is 3.23. The second kappa shape index (κ2) is 6.21. The van der Waals surface area contributed by atoms with Gasteiger partial charge in [-0.05, 0) is 19.4 Å². The molecule has 1 heterocycles. The minimum atomic E-state index is -1.07. The summed E-state index contributed by atoms with van der Waals surface area (Å²) in [6.45, 7) is 3.28. The summed E-state index contributed by atoms with van der Waals surface area (Å²) < 4.78 is 5.02. The van der Waals surface area contributed by atoms with Crippen molar-refractivity contribution in [2.75, 3.05) is 0 Å². The number of carbonyl (C=O) groups is 2. The van der Waals surface area contributed by atoms with E-state index < -0.39 is 17.9 Å². The average molecular weight is 288 g/mol. The number of carboxylic acids is 1. The van der Waals surface area contributed by atoms with E-state index in [0.29, 0.717) is 5.76 Å². The van der Waals surface area contributed by atoms with E-state index in [2.05, 4.69) is 4.98 Å². The van der Waals surface area contributed by atoms with Crippen LogP contribution in [-0.4, -0.2) is 32.9 Å². The summed E-state index contributed by atoms with van der Waals surface area (Å²) in [7, 11) is 0. The van der Waals surface area contributed by atoms with Crippen molar-refractivity contribution >= 4 is 11.9 Å². The Bertz CT molecular complexity index is 636. The molecular weight excluding hydrogens is 272 g/mol. The summed E-state index contributed by atoms with van der Waals surface area (Å²) in [5.41, 5.74) is 0.985. The Kier molecular flexibility index (Phi) is 4.37. The van der Waals surface area contributed by atoms with Gasteiger partial charge in [0.2, 0.25) is 0 Å². The van der Waals surface area contributed by atoms with Crippen molar-refractivity contribution in [3.63, 3.8) is 0 Å². The molecule has 0 radical (unpaired) electrons. The highest BCUT2D eigenvalue weighted by atomic mass is 16.4. The van der Waals surface area contributed by atoms with Crippen LogP contribution in [0, 0.1) is 6.92 Å². The molecule has 21 heavy (non-hydrogen) atoms. The van der Waals surface area contributed by atoms with E-state index in [1.54, 1.807) is 6.92 Å². The summed E-state index contributed by atoms with van der Waals surface area (Å²) in [6, 6.07) is 8.25. The average Bonchev–Trinajstić information content (AvgIpc) is 2.90. The number of hydrogen-bond acceptors (Lipinski definition) is 4. The Labute approximate surface area is 122 Å².